The van der Waals surface area contributed by atoms with Crippen LogP contribution in [0.15, 0.2) is 54.6 Å². The van der Waals surface area contributed by atoms with Crippen molar-refractivity contribution >= 4 is 17.6 Å². The molecule has 1 atom stereocenters. The second-order valence-corrected chi connectivity index (χ2v) is 8.99. The lowest BCUT2D eigenvalue weighted by molar-refractivity contribution is -0.138. The highest BCUT2D eigenvalue weighted by molar-refractivity contribution is 5.96. The van der Waals surface area contributed by atoms with Crippen molar-refractivity contribution in [2.45, 2.75) is 32.1 Å². The number of anilines is 1. The van der Waals surface area contributed by atoms with Crippen LogP contribution in [-0.2, 0) is 19.1 Å². The predicted octanol–water partition coefficient (Wildman–Crippen LogP) is 3.62. The van der Waals surface area contributed by atoms with Crippen LogP contribution in [0.3, 0.4) is 0 Å². The Bertz CT molecular complexity index is 1310. The van der Waals surface area contributed by atoms with E-state index in [-0.39, 0.29) is 36.3 Å². The van der Waals surface area contributed by atoms with Gasteiger partial charge in [0.05, 0.1) is 17.2 Å². The molecule has 7 nitrogen and oxygen atoms in total. The molecule has 3 aromatic rings. The van der Waals surface area contributed by atoms with Gasteiger partial charge in [-0.2, -0.15) is 13.2 Å². The van der Waals surface area contributed by atoms with Gasteiger partial charge in [0.25, 0.3) is 11.8 Å². The minimum Gasteiger partial charge on any atom is -0.348 e. The van der Waals surface area contributed by atoms with E-state index in [9.17, 15) is 22.8 Å². The number of hydrogen-bond acceptors (Lipinski definition) is 5. The summed E-state index contributed by atoms with van der Waals surface area (Å²) in [6, 6.07) is 14.2. The van der Waals surface area contributed by atoms with E-state index in [0.29, 0.717) is 25.3 Å². The molecular formula is C26H24F3N5O2. The van der Waals surface area contributed by atoms with Gasteiger partial charge in [-0.15, -0.1) is 10.2 Å². The number of amides is 2. The van der Waals surface area contributed by atoms with Crippen LogP contribution < -0.4 is 10.2 Å². The summed E-state index contributed by atoms with van der Waals surface area (Å²) in [6.45, 7) is 3.14. The zero-order valence-electron chi connectivity index (χ0n) is 19.5. The Morgan fingerprint density at radius 2 is 1.75 bits per heavy atom. The predicted molar refractivity (Wildman–Crippen MR) is 127 cm³/mol. The third-order valence-corrected chi connectivity index (χ3v) is 6.78. The normalized spacial score (nSPS) is 16.9. The first-order valence-corrected chi connectivity index (χ1v) is 11.6. The van der Waals surface area contributed by atoms with Crippen molar-refractivity contribution in [3.8, 4) is 0 Å². The highest BCUT2D eigenvalue weighted by Gasteiger charge is 2.41. The van der Waals surface area contributed by atoms with Gasteiger partial charge in [-0.3, -0.25) is 9.59 Å². The van der Waals surface area contributed by atoms with E-state index in [4.69, 9.17) is 0 Å². The first kappa shape index (κ1) is 23.8. The molecule has 0 bridgehead atoms. The van der Waals surface area contributed by atoms with Gasteiger partial charge in [0.15, 0.2) is 11.5 Å². The number of nitrogens with zero attached hydrogens (tertiary/aromatic N) is 4. The summed E-state index contributed by atoms with van der Waals surface area (Å²) in [4.78, 5) is 29.3. The van der Waals surface area contributed by atoms with Crippen molar-refractivity contribution in [3.63, 3.8) is 0 Å². The molecule has 10 heteroatoms. The van der Waals surface area contributed by atoms with Crippen molar-refractivity contribution in [2.75, 3.05) is 24.5 Å². The lowest BCUT2D eigenvalue weighted by Gasteiger charge is -2.38. The molecule has 1 aromatic heterocycles. The van der Waals surface area contributed by atoms with Gasteiger partial charge < -0.3 is 15.1 Å². The van der Waals surface area contributed by atoms with Gasteiger partial charge in [-0.1, -0.05) is 42.5 Å². The highest BCUT2D eigenvalue weighted by atomic mass is 19.4. The largest absolute Gasteiger partial charge is 0.417 e. The number of halogens is 3. The van der Waals surface area contributed by atoms with E-state index in [1.54, 1.807) is 0 Å². The molecule has 36 heavy (non-hydrogen) atoms. The van der Waals surface area contributed by atoms with Crippen LogP contribution in [-0.4, -0.2) is 52.6 Å². The number of hydrogen-bond donors (Lipinski definition) is 1. The zero-order valence-corrected chi connectivity index (χ0v) is 19.5. The first-order chi connectivity index (χ1) is 17.2. The van der Waals surface area contributed by atoms with Crippen molar-refractivity contribution < 1.29 is 22.8 Å². The van der Waals surface area contributed by atoms with Gasteiger partial charge in [-0.05, 0) is 36.6 Å². The Morgan fingerprint density at radius 3 is 2.50 bits per heavy atom. The third kappa shape index (κ3) is 4.38. The summed E-state index contributed by atoms with van der Waals surface area (Å²) in [5.74, 6) is -0.292. The maximum Gasteiger partial charge on any atom is 0.417 e. The summed E-state index contributed by atoms with van der Waals surface area (Å²) in [5, 5.41) is 11.4. The van der Waals surface area contributed by atoms with Gasteiger partial charge in [0, 0.05) is 31.7 Å². The summed E-state index contributed by atoms with van der Waals surface area (Å²) in [5.41, 5.74) is 1.54. The highest BCUT2D eigenvalue weighted by Crippen LogP contribution is 2.36. The SMILES string of the molecule is Cc1c(C(=O)NCc2ccccc2)nnc2c1CC1CN(C(=O)c3ccccc3C(F)(F)F)CCN21. The second-order valence-electron chi connectivity index (χ2n) is 8.99. The number of fused-ring (bicyclic) bond motifs is 3. The molecule has 0 saturated carbocycles. The number of rotatable bonds is 4. The van der Waals surface area contributed by atoms with Crippen LogP contribution in [0.1, 0.15) is 43.1 Å². The van der Waals surface area contributed by atoms with Crippen molar-refractivity contribution in [1.82, 2.24) is 20.4 Å². The van der Waals surface area contributed by atoms with Crippen molar-refractivity contribution in [1.29, 1.82) is 0 Å². The van der Waals surface area contributed by atoms with Crippen LogP contribution in [0.4, 0.5) is 19.0 Å². The summed E-state index contributed by atoms with van der Waals surface area (Å²) < 4.78 is 40.3. The molecule has 1 fully saturated rings. The van der Waals surface area contributed by atoms with Crippen LogP contribution in [0.25, 0.3) is 0 Å². The molecule has 0 spiro atoms. The fourth-order valence-corrected chi connectivity index (χ4v) is 4.91. The van der Waals surface area contributed by atoms with E-state index in [2.05, 4.69) is 15.5 Å². The monoisotopic (exact) mass is 495 g/mol. The Kier molecular flexibility index (Phi) is 6.11. The quantitative estimate of drug-likeness (QED) is 0.598. The number of alkyl halides is 3. The van der Waals surface area contributed by atoms with E-state index in [1.807, 2.05) is 42.2 Å². The molecule has 186 valence electrons. The standard InChI is InChI=1S/C26H24F3N5O2/c1-16-20-13-18-15-33(25(36)19-9-5-6-10-21(19)26(27,28)29)11-12-34(18)23(20)32-31-22(16)24(35)30-14-17-7-3-2-4-8-17/h2-10,18H,11-15H2,1H3,(H,30,35). The first-order valence-electron chi connectivity index (χ1n) is 11.6. The summed E-state index contributed by atoms with van der Waals surface area (Å²) in [6.07, 6.45) is -4.08. The van der Waals surface area contributed by atoms with Crippen LogP contribution in [0.5, 0.6) is 0 Å². The minimum atomic E-state index is -4.61. The average molecular weight is 496 g/mol. The summed E-state index contributed by atoms with van der Waals surface area (Å²) >= 11 is 0. The lowest BCUT2D eigenvalue weighted by Crippen LogP contribution is -2.54. The van der Waals surface area contributed by atoms with E-state index in [1.165, 1.54) is 23.1 Å². The maximum absolute atomic E-state index is 13.4. The van der Waals surface area contributed by atoms with Gasteiger partial charge in [-0.25, -0.2) is 0 Å². The van der Waals surface area contributed by atoms with E-state index >= 15 is 0 Å². The molecule has 1 unspecified atom stereocenters. The Morgan fingerprint density at radius 1 is 1.03 bits per heavy atom. The van der Waals surface area contributed by atoms with Gasteiger partial charge in [0.2, 0.25) is 0 Å². The molecule has 3 heterocycles. The van der Waals surface area contributed by atoms with Gasteiger partial charge >= 0.3 is 6.18 Å². The van der Waals surface area contributed by atoms with Crippen LogP contribution >= 0.6 is 0 Å². The maximum atomic E-state index is 13.4. The minimum absolute atomic E-state index is 0.147. The fraction of sp³-hybridized carbons (Fsp3) is 0.308. The molecule has 1 N–H and O–H groups in total. The molecular weight excluding hydrogens is 471 g/mol. The molecule has 0 radical (unpaired) electrons. The second kappa shape index (κ2) is 9.25. The molecule has 5 rings (SSSR count). The fourth-order valence-electron chi connectivity index (χ4n) is 4.91. The topological polar surface area (TPSA) is 78.4 Å². The molecule has 1 saturated heterocycles. The third-order valence-electron chi connectivity index (χ3n) is 6.78. The van der Waals surface area contributed by atoms with Crippen molar-refractivity contribution in [3.05, 3.63) is 88.1 Å². The Labute approximate surface area is 205 Å². The number of carbonyl (C=O) groups is 2. The number of nitrogens with one attached hydrogen (secondary N) is 1. The number of aromatic nitrogens is 2. The number of piperazine rings is 1. The van der Waals surface area contributed by atoms with Crippen LogP contribution in [0.2, 0.25) is 0 Å². The molecule has 2 aliphatic heterocycles. The Hall–Kier alpha value is -3.95. The zero-order chi connectivity index (χ0) is 25.4. The van der Waals surface area contributed by atoms with Crippen LogP contribution in [0, 0.1) is 6.92 Å². The smallest absolute Gasteiger partial charge is 0.348 e. The number of benzene rings is 2. The Balaban J connectivity index is 1.31. The van der Waals surface area contributed by atoms with Crippen molar-refractivity contribution in [2.24, 2.45) is 0 Å². The molecule has 0 aliphatic carbocycles. The molecule has 2 aromatic carbocycles. The van der Waals surface area contributed by atoms with E-state index < -0.39 is 17.6 Å². The average Bonchev–Trinajstić information content (AvgIpc) is 3.26. The molecule has 2 aliphatic rings. The lowest BCUT2D eigenvalue weighted by atomic mass is 10.0. The summed E-state index contributed by atoms with van der Waals surface area (Å²) in [7, 11) is 0. The van der Waals surface area contributed by atoms with E-state index in [0.717, 1.165) is 22.8 Å². The molecule has 2 amide bonds. The van der Waals surface area contributed by atoms with Gasteiger partial charge in [0.1, 0.15) is 0 Å². The number of carbonyl (C=O) groups excluding carboxylic acids is 2.